The lowest BCUT2D eigenvalue weighted by Gasteiger charge is -2.21. The molecule has 0 N–H and O–H groups in total. The Balaban J connectivity index is 1.70. The molecule has 3 aromatic carbocycles. The van der Waals surface area contributed by atoms with E-state index in [0.29, 0.717) is 11.8 Å². The van der Waals surface area contributed by atoms with E-state index in [4.69, 9.17) is 0 Å². The van der Waals surface area contributed by atoms with Gasteiger partial charge in [0.15, 0.2) is 5.82 Å². The number of imidazole rings is 1. The molecule has 2 aromatic heterocycles. The van der Waals surface area contributed by atoms with Gasteiger partial charge in [-0.1, -0.05) is 64.1 Å². The van der Waals surface area contributed by atoms with E-state index in [1.165, 1.54) is 16.8 Å². The Morgan fingerprint density at radius 3 is 2.12 bits per heavy atom. The average molecular weight is 422 g/mol. The summed E-state index contributed by atoms with van der Waals surface area (Å²) in [6.45, 7) is 8.93. The van der Waals surface area contributed by atoms with E-state index in [1.54, 1.807) is 0 Å². The fourth-order valence-corrected chi connectivity index (χ4v) is 4.33. The molecule has 32 heavy (non-hydrogen) atoms. The molecule has 160 valence electrons. The third-order valence-corrected chi connectivity index (χ3v) is 5.97. The molecule has 0 radical (unpaired) electrons. The second kappa shape index (κ2) is 8.08. The zero-order chi connectivity index (χ0) is 22.2. The summed E-state index contributed by atoms with van der Waals surface area (Å²) < 4.78 is 4.26. The first-order chi connectivity index (χ1) is 15.5. The zero-order valence-electron chi connectivity index (χ0n) is 18.9. The van der Waals surface area contributed by atoms with Crippen molar-refractivity contribution in [2.24, 2.45) is 0 Å². The second-order valence-corrected chi connectivity index (χ2v) is 8.77. The highest BCUT2D eigenvalue weighted by molar-refractivity contribution is 5.82. The minimum absolute atomic E-state index is 0.390. The van der Waals surface area contributed by atoms with E-state index in [2.05, 4.69) is 101 Å². The molecular formula is C27H27N5. The summed E-state index contributed by atoms with van der Waals surface area (Å²) in [5.74, 6) is 1.62. The molecule has 0 aliphatic heterocycles. The lowest BCUT2D eigenvalue weighted by atomic mass is 9.92. The second-order valence-electron chi connectivity index (χ2n) is 8.77. The van der Waals surface area contributed by atoms with E-state index in [1.807, 2.05) is 30.9 Å². The smallest absolute Gasteiger partial charge is 0.168 e. The summed E-state index contributed by atoms with van der Waals surface area (Å²) in [6.07, 6.45) is 3.71. The van der Waals surface area contributed by atoms with Gasteiger partial charge in [-0.05, 0) is 53.3 Å². The van der Waals surface area contributed by atoms with E-state index >= 15 is 0 Å². The maximum absolute atomic E-state index is 4.59. The molecule has 5 rings (SSSR count). The van der Waals surface area contributed by atoms with Crippen LogP contribution in [0, 0.1) is 0 Å². The van der Waals surface area contributed by atoms with Crippen LogP contribution < -0.4 is 0 Å². The van der Waals surface area contributed by atoms with Crippen LogP contribution in [0.1, 0.15) is 50.7 Å². The number of fused-ring (bicyclic) bond motifs is 1. The number of aromatic nitrogens is 5. The van der Waals surface area contributed by atoms with E-state index < -0.39 is 0 Å². The minimum Gasteiger partial charge on any atom is -0.299 e. The lowest BCUT2D eigenvalue weighted by Crippen LogP contribution is -2.07. The average Bonchev–Trinajstić information content (AvgIpc) is 3.45. The van der Waals surface area contributed by atoms with Crippen LogP contribution in [0.5, 0.6) is 0 Å². The van der Waals surface area contributed by atoms with Gasteiger partial charge in [-0.3, -0.25) is 9.13 Å². The molecule has 0 bridgehead atoms. The topological polar surface area (TPSA) is 48.5 Å². The van der Waals surface area contributed by atoms with Crippen molar-refractivity contribution in [3.63, 3.8) is 0 Å². The molecule has 0 saturated carbocycles. The van der Waals surface area contributed by atoms with Crippen molar-refractivity contribution in [1.29, 1.82) is 0 Å². The molecule has 0 spiro atoms. The lowest BCUT2D eigenvalue weighted by molar-refractivity contribution is 0.806. The highest BCUT2D eigenvalue weighted by Crippen LogP contribution is 2.34. The number of hydrogen-bond acceptors (Lipinski definition) is 3. The van der Waals surface area contributed by atoms with E-state index in [9.17, 15) is 0 Å². The van der Waals surface area contributed by atoms with Crippen LogP contribution >= 0.6 is 0 Å². The summed E-state index contributed by atoms with van der Waals surface area (Å²) >= 11 is 0. The Bertz CT molecular complexity index is 1350. The summed E-state index contributed by atoms with van der Waals surface area (Å²) in [7, 11) is 0. The molecular weight excluding hydrogens is 394 g/mol. The van der Waals surface area contributed by atoms with Gasteiger partial charge >= 0.3 is 0 Å². The van der Waals surface area contributed by atoms with Gasteiger partial charge in [-0.2, -0.15) is 0 Å². The van der Waals surface area contributed by atoms with Crippen molar-refractivity contribution in [3.8, 4) is 22.8 Å². The van der Waals surface area contributed by atoms with Crippen LogP contribution in [0.15, 0.2) is 79.4 Å². The van der Waals surface area contributed by atoms with Gasteiger partial charge in [-0.25, -0.2) is 4.98 Å². The quantitative estimate of drug-likeness (QED) is 0.324. The molecule has 2 heterocycles. The van der Waals surface area contributed by atoms with E-state index in [0.717, 1.165) is 28.1 Å². The summed E-state index contributed by atoms with van der Waals surface area (Å²) in [6, 6.07) is 23.1. The van der Waals surface area contributed by atoms with Crippen LogP contribution in [0.3, 0.4) is 0 Å². The van der Waals surface area contributed by atoms with Gasteiger partial charge in [-0.15, -0.1) is 10.2 Å². The van der Waals surface area contributed by atoms with Crippen LogP contribution in [0.2, 0.25) is 0 Å². The molecule has 0 aliphatic carbocycles. The number of rotatable bonds is 5. The molecule has 0 atom stereocenters. The predicted octanol–water partition coefficient (Wildman–Crippen LogP) is 6.52. The molecule has 0 unspecified atom stereocenters. The van der Waals surface area contributed by atoms with Crippen molar-refractivity contribution >= 4 is 11.0 Å². The molecule has 0 fully saturated rings. The molecule has 5 heteroatoms. The van der Waals surface area contributed by atoms with Gasteiger partial charge < -0.3 is 0 Å². The Morgan fingerprint density at radius 2 is 1.44 bits per heavy atom. The standard InChI is InChI=1S/C27H27N5/c1-18(2)22-11-8-12-23(19(3)4)26(22)32-17-29-30-27(32)20-13-14-24-25(15-20)31(16-28-24)21-9-6-5-7-10-21/h5-19H,1-4H3. The Labute approximate surface area is 188 Å². The SMILES string of the molecule is CC(C)c1cccc(C(C)C)c1-n1cnnc1-c1ccc2ncn(-c3ccccc3)c2c1. The Morgan fingerprint density at radius 1 is 0.719 bits per heavy atom. The summed E-state index contributed by atoms with van der Waals surface area (Å²) in [5.41, 5.74) is 7.88. The van der Waals surface area contributed by atoms with Crippen LogP contribution in [-0.2, 0) is 0 Å². The van der Waals surface area contributed by atoms with Gasteiger partial charge in [0.1, 0.15) is 12.7 Å². The third kappa shape index (κ3) is 3.40. The summed E-state index contributed by atoms with van der Waals surface area (Å²) in [4.78, 5) is 4.59. The maximum atomic E-state index is 4.59. The fourth-order valence-electron chi connectivity index (χ4n) is 4.33. The van der Waals surface area contributed by atoms with Crippen molar-refractivity contribution < 1.29 is 0 Å². The van der Waals surface area contributed by atoms with Crippen LogP contribution in [0.4, 0.5) is 0 Å². The third-order valence-electron chi connectivity index (χ3n) is 5.97. The molecule has 0 amide bonds. The van der Waals surface area contributed by atoms with E-state index in [-0.39, 0.29) is 0 Å². The van der Waals surface area contributed by atoms with Crippen molar-refractivity contribution in [1.82, 2.24) is 24.3 Å². The molecule has 5 nitrogen and oxygen atoms in total. The van der Waals surface area contributed by atoms with Crippen molar-refractivity contribution in [2.45, 2.75) is 39.5 Å². The summed E-state index contributed by atoms with van der Waals surface area (Å²) in [5, 5.41) is 8.86. The first-order valence-corrected chi connectivity index (χ1v) is 11.1. The Kier molecular flexibility index (Phi) is 5.10. The minimum atomic E-state index is 0.390. The first-order valence-electron chi connectivity index (χ1n) is 11.1. The number of para-hydroxylation sites is 2. The normalized spacial score (nSPS) is 11.7. The van der Waals surface area contributed by atoms with Crippen LogP contribution in [0.25, 0.3) is 33.8 Å². The fraction of sp³-hybridized carbons (Fsp3) is 0.222. The molecule has 0 aliphatic rings. The largest absolute Gasteiger partial charge is 0.299 e. The predicted molar refractivity (Wildman–Crippen MR) is 130 cm³/mol. The van der Waals surface area contributed by atoms with Gasteiger partial charge in [0.05, 0.1) is 16.7 Å². The molecule has 5 aromatic rings. The highest BCUT2D eigenvalue weighted by Gasteiger charge is 2.19. The van der Waals surface area contributed by atoms with Crippen LogP contribution in [-0.4, -0.2) is 24.3 Å². The first kappa shape index (κ1) is 20.2. The van der Waals surface area contributed by atoms with Gasteiger partial charge in [0, 0.05) is 11.3 Å². The molecule has 0 saturated heterocycles. The zero-order valence-corrected chi connectivity index (χ0v) is 18.9. The Hall–Kier alpha value is -3.73. The van der Waals surface area contributed by atoms with Crippen molar-refractivity contribution in [2.75, 3.05) is 0 Å². The maximum Gasteiger partial charge on any atom is 0.168 e. The number of benzene rings is 3. The number of nitrogens with zero attached hydrogens (tertiary/aromatic N) is 5. The number of hydrogen-bond donors (Lipinski definition) is 0. The van der Waals surface area contributed by atoms with Gasteiger partial charge in [0.2, 0.25) is 0 Å². The van der Waals surface area contributed by atoms with Gasteiger partial charge in [0.25, 0.3) is 0 Å². The monoisotopic (exact) mass is 421 g/mol. The van der Waals surface area contributed by atoms with Crippen molar-refractivity contribution in [3.05, 3.63) is 90.5 Å². The highest BCUT2D eigenvalue weighted by atomic mass is 15.3.